The number of hydrogen-bond acceptors (Lipinski definition) is 7. The number of ether oxygens (including phenoxy) is 3. The zero-order chi connectivity index (χ0) is 32.6. The molecule has 4 aromatic rings. The van der Waals surface area contributed by atoms with E-state index < -0.39 is 11.6 Å². The van der Waals surface area contributed by atoms with E-state index in [4.69, 9.17) is 14.2 Å². The minimum atomic E-state index is -0.675. The number of nitrogens with one attached hydrogen (secondary N) is 1. The van der Waals surface area contributed by atoms with Gasteiger partial charge in [-0.05, 0) is 42.9 Å². The van der Waals surface area contributed by atoms with Crippen LogP contribution in [0.1, 0.15) is 18.9 Å². The topological polar surface area (TPSA) is 56.4 Å². The van der Waals surface area contributed by atoms with Gasteiger partial charge in [-0.3, -0.25) is 9.47 Å². The Morgan fingerprint density at radius 1 is 0.935 bits per heavy atom. The summed E-state index contributed by atoms with van der Waals surface area (Å²) < 4.78 is 62.6. The molecule has 0 bridgehead atoms. The molecule has 0 spiro atoms. The van der Waals surface area contributed by atoms with Gasteiger partial charge in [0.1, 0.15) is 29.0 Å². The van der Waals surface area contributed by atoms with Crippen LogP contribution in [0.2, 0.25) is 0 Å². The SMILES string of the molecule is CCN1CC[NH+](CCCOc2cc(F)c(CSc3ncc(N(C)c4ccc(OC)c(OC)c4)n3-c3ccc(F)cc3)c(F)c2)CC1. The van der Waals surface area contributed by atoms with Crippen LogP contribution in [-0.2, 0) is 5.75 Å². The van der Waals surface area contributed by atoms with E-state index in [1.807, 2.05) is 28.6 Å². The Hall–Kier alpha value is -3.87. The van der Waals surface area contributed by atoms with Gasteiger partial charge in [-0.15, -0.1) is 0 Å². The minimum absolute atomic E-state index is 0.0111. The Morgan fingerprint density at radius 2 is 1.63 bits per heavy atom. The van der Waals surface area contributed by atoms with Gasteiger partial charge in [-0.1, -0.05) is 18.7 Å². The predicted molar refractivity (Wildman–Crippen MR) is 175 cm³/mol. The number of halogens is 3. The monoisotopic (exact) mass is 656 g/mol. The third-order valence-corrected chi connectivity index (χ3v) is 9.29. The lowest BCUT2D eigenvalue weighted by atomic mass is 10.2. The Bertz CT molecular complexity index is 1570. The molecule has 1 saturated heterocycles. The first-order valence-corrected chi connectivity index (χ1v) is 16.4. The number of hydrogen-bond donors (Lipinski definition) is 1. The number of anilines is 2. The highest BCUT2D eigenvalue weighted by molar-refractivity contribution is 7.98. The van der Waals surface area contributed by atoms with E-state index in [1.165, 1.54) is 40.9 Å². The van der Waals surface area contributed by atoms with Crippen LogP contribution >= 0.6 is 11.8 Å². The second-order valence-corrected chi connectivity index (χ2v) is 12.0. The predicted octanol–water partition coefficient (Wildman–Crippen LogP) is 5.36. The van der Waals surface area contributed by atoms with E-state index in [0.717, 1.165) is 51.4 Å². The molecule has 12 heteroatoms. The standard InChI is InChI=1S/C34H40F3N5O3S/c1-5-40-14-16-41(17-15-40)13-6-18-45-27-20-29(36)28(30(37)21-27)23-46-34-38-22-33(42(34)25-9-7-24(35)8-10-25)39(2)26-11-12-31(43-3)32(19-26)44-4/h7-12,19-22H,5-6,13-18,23H2,1-4H3/p+1. The maximum atomic E-state index is 15.2. The number of imidazole rings is 1. The molecule has 1 aliphatic rings. The van der Waals surface area contributed by atoms with Crippen molar-refractivity contribution in [1.29, 1.82) is 0 Å². The van der Waals surface area contributed by atoms with Gasteiger partial charge in [0.2, 0.25) is 0 Å². The molecule has 5 rings (SSSR count). The average molecular weight is 657 g/mol. The van der Waals surface area contributed by atoms with Gasteiger partial charge in [0.05, 0.1) is 46.7 Å². The van der Waals surface area contributed by atoms with E-state index in [2.05, 4.69) is 16.8 Å². The van der Waals surface area contributed by atoms with Crippen molar-refractivity contribution < 1.29 is 32.3 Å². The molecule has 0 radical (unpaired) electrons. The van der Waals surface area contributed by atoms with Gasteiger partial charge in [-0.25, -0.2) is 18.2 Å². The molecule has 0 saturated carbocycles. The number of likely N-dealkylation sites (N-methyl/N-ethyl adjacent to an activating group) is 1. The van der Waals surface area contributed by atoms with Crippen LogP contribution in [0.25, 0.3) is 5.69 Å². The van der Waals surface area contributed by atoms with Crippen LogP contribution in [-0.4, -0.2) is 81.6 Å². The Labute approximate surface area is 272 Å². The lowest BCUT2D eigenvalue weighted by molar-refractivity contribution is -0.904. The van der Waals surface area contributed by atoms with Gasteiger partial charge in [0.25, 0.3) is 0 Å². The molecule has 1 N–H and O–H groups in total. The largest absolute Gasteiger partial charge is 0.493 e. The highest BCUT2D eigenvalue weighted by Crippen LogP contribution is 2.37. The summed E-state index contributed by atoms with van der Waals surface area (Å²) in [4.78, 5) is 10.5. The first-order valence-electron chi connectivity index (χ1n) is 15.4. The van der Waals surface area contributed by atoms with Crippen molar-refractivity contribution in [2.24, 2.45) is 0 Å². The maximum Gasteiger partial charge on any atom is 0.174 e. The number of quaternary nitrogens is 1. The molecule has 8 nitrogen and oxygen atoms in total. The maximum absolute atomic E-state index is 15.2. The average Bonchev–Trinajstić information content (AvgIpc) is 3.50. The fourth-order valence-corrected chi connectivity index (χ4v) is 6.55. The summed E-state index contributed by atoms with van der Waals surface area (Å²) in [6, 6.07) is 14.0. The van der Waals surface area contributed by atoms with Crippen molar-refractivity contribution in [2.75, 3.05) is 72.0 Å². The second-order valence-electron chi connectivity index (χ2n) is 11.1. The Balaban J connectivity index is 1.29. The summed E-state index contributed by atoms with van der Waals surface area (Å²) >= 11 is 1.18. The number of piperazine rings is 1. The van der Waals surface area contributed by atoms with Crippen LogP contribution in [0.15, 0.2) is 66.0 Å². The van der Waals surface area contributed by atoms with E-state index in [9.17, 15) is 4.39 Å². The first kappa shape index (κ1) is 33.5. The van der Waals surface area contributed by atoms with Crippen molar-refractivity contribution in [1.82, 2.24) is 14.5 Å². The Kier molecular flexibility index (Phi) is 11.4. The van der Waals surface area contributed by atoms with Crippen molar-refractivity contribution >= 4 is 23.3 Å². The first-order chi connectivity index (χ1) is 22.3. The minimum Gasteiger partial charge on any atom is -0.493 e. The van der Waals surface area contributed by atoms with Crippen LogP contribution in [0.4, 0.5) is 24.7 Å². The number of aromatic nitrogens is 2. The van der Waals surface area contributed by atoms with Gasteiger partial charge < -0.3 is 24.0 Å². The fraction of sp³-hybridized carbons (Fsp3) is 0.382. The van der Waals surface area contributed by atoms with Crippen LogP contribution in [0.3, 0.4) is 0 Å². The molecule has 0 amide bonds. The van der Waals surface area contributed by atoms with Crippen LogP contribution in [0.5, 0.6) is 17.2 Å². The van der Waals surface area contributed by atoms with Gasteiger partial charge in [0, 0.05) is 67.4 Å². The molecule has 246 valence electrons. The lowest BCUT2D eigenvalue weighted by Crippen LogP contribution is -3.14. The van der Waals surface area contributed by atoms with E-state index in [1.54, 1.807) is 38.6 Å². The third kappa shape index (κ3) is 7.91. The van der Waals surface area contributed by atoms with Crippen LogP contribution < -0.4 is 24.0 Å². The summed E-state index contributed by atoms with van der Waals surface area (Å²) in [5.41, 5.74) is 1.35. The van der Waals surface area contributed by atoms with Gasteiger partial charge >= 0.3 is 0 Å². The third-order valence-electron chi connectivity index (χ3n) is 8.31. The normalized spacial score (nSPS) is 14.0. The van der Waals surface area contributed by atoms with Gasteiger partial charge in [-0.2, -0.15) is 0 Å². The van der Waals surface area contributed by atoms with Gasteiger partial charge in [0.15, 0.2) is 16.7 Å². The summed E-state index contributed by atoms with van der Waals surface area (Å²) in [5, 5.41) is 0.482. The summed E-state index contributed by atoms with van der Waals surface area (Å²) in [7, 11) is 4.99. The quantitative estimate of drug-likeness (QED) is 0.145. The fourth-order valence-electron chi connectivity index (χ4n) is 5.55. The highest BCUT2D eigenvalue weighted by atomic mass is 32.2. The highest BCUT2D eigenvalue weighted by Gasteiger charge is 2.21. The molecule has 0 atom stereocenters. The van der Waals surface area contributed by atoms with Crippen molar-refractivity contribution in [3.05, 3.63) is 83.8 Å². The number of benzene rings is 3. The molecule has 1 fully saturated rings. The van der Waals surface area contributed by atoms with E-state index in [-0.39, 0.29) is 22.9 Å². The molecule has 2 heterocycles. The molecule has 46 heavy (non-hydrogen) atoms. The zero-order valence-electron chi connectivity index (χ0n) is 26.7. The van der Waals surface area contributed by atoms with Crippen molar-refractivity contribution in [2.45, 2.75) is 24.3 Å². The molecule has 3 aromatic carbocycles. The number of thioether (sulfide) groups is 1. The zero-order valence-corrected chi connectivity index (χ0v) is 27.5. The molecule has 1 aliphatic heterocycles. The summed E-state index contributed by atoms with van der Waals surface area (Å²) in [6.07, 6.45) is 2.48. The summed E-state index contributed by atoms with van der Waals surface area (Å²) in [5.74, 6) is 0.238. The number of methoxy groups -OCH3 is 2. The smallest absolute Gasteiger partial charge is 0.174 e. The molecular formula is C34H41F3N5O3S+. The van der Waals surface area contributed by atoms with Crippen molar-refractivity contribution in [3.8, 4) is 22.9 Å². The number of rotatable bonds is 14. The molecule has 0 unspecified atom stereocenters. The lowest BCUT2D eigenvalue weighted by Gasteiger charge is -2.31. The summed E-state index contributed by atoms with van der Waals surface area (Å²) in [6.45, 7) is 9.06. The van der Waals surface area contributed by atoms with Crippen LogP contribution in [0, 0.1) is 17.5 Å². The van der Waals surface area contributed by atoms with E-state index in [0.29, 0.717) is 34.8 Å². The second kappa shape index (κ2) is 15.6. The molecular weight excluding hydrogens is 615 g/mol. The molecule has 1 aromatic heterocycles. The Morgan fingerprint density at radius 3 is 2.28 bits per heavy atom. The van der Waals surface area contributed by atoms with E-state index >= 15 is 8.78 Å². The molecule has 0 aliphatic carbocycles. The number of nitrogens with zero attached hydrogens (tertiary/aromatic N) is 4. The van der Waals surface area contributed by atoms with Crippen molar-refractivity contribution in [3.63, 3.8) is 0 Å².